The Morgan fingerprint density at radius 2 is 1.89 bits per heavy atom. The lowest BCUT2D eigenvalue weighted by Crippen LogP contribution is -2.65. The van der Waals surface area contributed by atoms with Gasteiger partial charge < -0.3 is 9.88 Å². The van der Waals surface area contributed by atoms with Crippen LogP contribution in [-0.4, -0.2) is 50.5 Å². The van der Waals surface area contributed by atoms with Gasteiger partial charge in [-0.1, -0.05) is 18.9 Å². The third-order valence-corrected chi connectivity index (χ3v) is 6.28. The number of pyridine rings is 1. The molecule has 8 heteroatoms. The van der Waals surface area contributed by atoms with E-state index in [1.54, 1.807) is 21.9 Å². The highest BCUT2D eigenvalue weighted by atomic mass is 16.2. The average Bonchev–Trinajstić information content (AvgIpc) is 3.30. The first-order valence-corrected chi connectivity index (χ1v) is 10.0. The summed E-state index contributed by atoms with van der Waals surface area (Å²) in [6, 6.07) is 4.66. The Bertz CT molecular complexity index is 994. The van der Waals surface area contributed by atoms with Crippen molar-refractivity contribution in [1.82, 2.24) is 20.1 Å². The lowest BCUT2D eigenvalue weighted by atomic mass is 9.85. The Kier molecular flexibility index (Phi) is 4.07. The van der Waals surface area contributed by atoms with E-state index in [9.17, 15) is 14.4 Å². The van der Waals surface area contributed by atoms with E-state index < -0.39 is 0 Å². The fraction of sp³-hybridized carbons (Fsp3) is 0.500. The molecule has 2 aliphatic carbocycles. The average molecular weight is 381 g/mol. The molecule has 146 valence electrons. The second-order valence-corrected chi connectivity index (χ2v) is 7.90. The van der Waals surface area contributed by atoms with Gasteiger partial charge in [0.15, 0.2) is 5.69 Å². The van der Waals surface area contributed by atoms with E-state index in [0.29, 0.717) is 11.5 Å². The number of piperazine rings is 1. The minimum Gasteiger partial charge on any atom is -0.323 e. The van der Waals surface area contributed by atoms with Gasteiger partial charge in [0.1, 0.15) is 12.4 Å². The molecule has 0 bridgehead atoms. The summed E-state index contributed by atoms with van der Waals surface area (Å²) in [6.45, 7) is 0.0125. The van der Waals surface area contributed by atoms with Crippen molar-refractivity contribution in [2.45, 2.75) is 57.0 Å². The van der Waals surface area contributed by atoms with Gasteiger partial charge in [0, 0.05) is 17.3 Å². The monoisotopic (exact) mass is 381 g/mol. The van der Waals surface area contributed by atoms with Crippen LogP contribution >= 0.6 is 0 Å². The van der Waals surface area contributed by atoms with Crippen LogP contribution in [0, 0.1) is 0 Å². The zero-order valence-electron chi connectivity index (χ0n) is 15.6. The predicted molar refractivity (Wildman–Crippen MR) is 102 cm³/mol. The van der Waals surface area contributed by atoms with Crippen molar-refractivity contribution in [1.29, 1.82) is 0 Å². The topological polar surface area (TPSA) is 102 Å². The summed E-state index contributed by atoms with van der Waals surface area (Å²) in [5, 5.41) is 7.27. The number of aryl methyl sites for hydroxylation is 1. The summed E-state index contributed by atoms with van der Waals surface area (Å²) in [5.41, 5.74) is 2.31. The van der Waals surface area contributed by atoms with Crippen molar-refractivity contribution in [3.05, 3.63) is 45.5 Å². The van der Waals surface area contributed by atoms with Gasteiger partial charge in [-0.15, -0.1) is 0 Å². The van der Waals surface area contributed by atoms with Crippen molar-refractivity contribution < 1.29 is 9.59 Å². The SMILES string of the molecule is O=C(c1n[nH]c2c1CCC2)N1CC(=O)N(c2cccc(=O)[nH]2)[C@H]2CCCC[C@@H]21. The van der Waals surface area contributed by atoms with E-state index in [-0.39, 0.29) is 36.0 Å². The van der Waals surface area contributed by atoms with Crippen molar-refractivity contribution >= 4 is 17.6 Å². The van der Waals surface area contributed by atoms with Crippen LogP contribution in [0.3, 0.4) is 0 Å². The van der Waals surface area contributed by atoms with Crippen molar-refractivity contribution in [3.8, 4) is 0 Å². The molecule has 2 amide bonds. The lowest BCUT2D eigenvalue weighted by Gasteiger charge is -2.49. The molecule has 5 rings (SSSR count). The Morgan fingerprint density at radius 1 is 1.07 bits per heavy atom. The second kappa shape index (κ2) is 6.61. The van der Waals surface area contributed by atoms with E-state index in [2.05, 4.69) is 15.2 Å². The molecule has 0 aromatic carbocycles. The second-order valence-electron chi connectivity index (χ2n) is 7.90. The quantitative estimate of drug-likeness (QED) is 0.820. The maximum absolute atomic E-state index is 13.3. The molecular weight excluding hydrogens is 358 g/mol. The van der Waals surface area contributed by atoms with Crippen LogP contribution in [0.1, 0.15) is 53.8 Å². The van der Waals surface area contributed by atoms with E-state index in [1.807, 2.05) is 0 Å². The van der Waals surface area contributed by atoms with Crippen LogP contribution in [0.25, 0.3) is 0 Å². The molecule has 28 heavy (non-hydrogen) atoms. The number of H-pyrrole nitrogens is 2. The van der Waals surface area contributed by atoms with Crippen LogP contribution in [0.4, 0.5) is 5.82 Å². The number of nitrogens with one attached hydrogen (secondary N) is 2. The molecule has 2 aromatic rings. The molecular formula is C20H23N5O3. The van der Waals surface area contributed by atoms with Crippen molar-refractivity contribution in [3.63, 3.8) is 0 Å². The molecule has 2 atom stereocenters. The Labute approximate surface area is 161 Å². The van der Waals surface area contributed by atoms with Gasteiger partial charge in [-0.3, -0.25) is 24.4 Å². The van der Waals surface area contributed by atoms with Crippen molar-refractivity contribution in [2.75, 3.05) is 11.4 Å². The Hall–Kier alpha value is -2.90. The zero-order chi connectivity index (χ0) is 19.3. The molecule has 1 aliphatic heterocycles. The summed E-state index contributed by atoms with van der Waals surface area (Å²) >= 11 is 0. The van der Waals surface area contributed by atoms with E-state index in [4.69, 9.17) is 0 Å². The van der Waals surface area contributed by atoms with Gasteiger partial charge in [-0.2, -0.15) is 5.10 Å². The molecule has 0 radical (unpaired) electrons. The summed E-state index contributed by atoms with van der Waals surface area (Å²) in [6.07, 6.45) is 6.51. The highest BCUT2D eigenvalue weighted by Crippen LogP contribution is 2.34. The number of nitrogens with zero attached hydrogens (tertiary/aromatic N) is 3. The van der Waals surface area contributed by atoms with Crippen LogP contribution in [0.15, 0.2) is 23.0 Å². The number of carbonyl (C=O) groups excluding carboxylic acids is 2. The molecule has 1 saturated carbocycles. The highest BCUT2D eigenvalue weighted by Gasteiger charge is 2.45. The minimum atomic E-state index is -0.233. The molecule has 8 nitrogen and oxygen atoms in total. The summed E-state index contributed by atoms with van der Waals surface area (Å²) in [4.78, 5) is 44.4. The number of aromatic amines is 2. The number of rotatable bonds is 2. The zero-order valence-corrected chi connectivity index (χ0v) is 15.6. The normalized spacial score (nSPS) is 24.2. The van der Waals surface area contributed by atoms with Gasteiger partial charge in [0.05, 0.1) is 12.1 Å². The minimum absolute atomic E-state index is 0.0125. The van der Waals surface area contributed by atoms with E-state index in [0.717, 1.165) is 56.2 Å². The predicted octanol–water partition coefficient (Wildman–Crippen LogP) is 1.39. The largest absolute Gasteiger partial charge is 0.323 e. The fourth-order valence-electron chi connectivity index (χ4n) is 5.02. The fourth-order valence-corrected chi connectivity index (χ4v) is 5.02. The van der Waals surface area contributed by atoms with Crippen LogP contribution in [0.2, 0.25) is 0 Å². The van der Waals surface area contributed by atoms with Gasteiger partial charge >= 0.3 is 0 Å². The first kappa shape index (κ1) is 17.2. The molecule has 3 aliphatic rings. The van der Waals surface area contributed by atoms with Gasteiger partial charge in [-0.05, 0) is 38.2 Å². The first-order valence-electron chi connectivity index (χ1n) is 10.0. The third kappa shape index (κ3) is 2.66. The Morgan fingerprint density at radius 3 is 2.71 bits per heavy atom. The van der Waals surface area contributed by atoms with Crippen LogP contribution in [-0.2, 0) is 17.6 Å². The van der Waals surface area contributed by atoms with E-state index in [1.165, 1.54) is 6.07 Å². The molecule has 0 spiro atoms. The van der Waals surface area contributed by atoms with Gasteiger partial charge in [0.2, 0.25) is 11.5 Å². The summed E-state index contributed by atoms with van der Waals surface area (Å²) < 4.78 is 0. The number of aromatic nitrogens is 3. The summed E-state index contributed by atoms with van der Waals surface area (Å²) in [5.74, 6) is 0.207. The highest BCUT2D eigenvalue weighted by molar-refractivity contribution is 6.02. The smallest absolute Gasteiger partial charge is 0.275 e. The molecule has 2 fully saturated rings. The number of carbonyl (C=O) groups is 2. The third-order valence-electron chi connectivity index (χ3n) is 6.28. The van der Waals surface area contributed by atoms with Crippen molar-refractivity contribution in [2.24, 2.45) is 0 Å². The molecule has 3 heterocycles. The number of anilines is 1. The van der Waals surface area contributed by atoms with Crippen LogP contribution < -0.4 is 10.5 Å². The van der Waals surface area contributed by atoms with Gasteiger partial charge in [-0.25, -0.2) is 0 Å². The number of hydrogen-bond donors (Lipinski definition) is 2. The van der Waals surface area contributed by atoms with Crippen LogP contribution in [0.5, 0.6) is 0 Å². The molecule has 2 aromatic heterocycles. The maximum atomic E-state index is 13.3. The maximum Gasteiger partial charge on any atom is 0.275 e. The number of fused-ring (bicyclic) bond motifs is 2. The first-order chi connectivity index (χ1) is 13.6. The molecule has 0 unspecified atom stereocenters. The van der Waals surface area contributed by atoms with Gasteiger partial charge in [0.25, 0.3) is 5.91 Å². The molecule has 1 saturated heterocycles. The molecule has 2 N–H and O–H groups in total. The summed E-state index contributed by atoms with van der Waals surface area (Å²) in [7, 11) is 0. The number of amides is 2. The Balaban J connectivity index is 1.49. The lowest BCUT2D eigenvalue weighted by molar-refractivity contribution is -0.123. The number of hydrogen-bond acceptors (Lipinski definition) is 4. The van der Waals surface area contributed by atoms with E-state index >= 15 is 0 Å². The standard InChI is InChI=1S/C20H23N5O3/c26-17-10-4-9-16(21-17)25-15-8-2-1-7-14(15)24(11-18(25)27)20(28)19-12-5-3-6-13(12)22-23-19/h4,9-10,14-15H,1-3,5-8,11H2,(H,21,26)(H,22,23)/t14-,15-/m0/s1.